The van der Waals surface area contributed by atoms with E-state index in [0.717, 1.165) is 12.8 Å². The van der Waals surface area contributed by atoms with Gasteiger partial charge in [0.2, 0.25) is 0 Å². The highest BCUT2D eigenvalue weighted by Gasteiger charge is 2.75. The van der Waals surface area contributed by atoms with Gasteiger partial charge in [-0.25, -0.2) is 0 Å². The summed E-state index contributed by atoms with van der Waals surface area (Å²) in [5.74, 6) is -8.39. The predicted molar refractivity (Wildman–Crippen MR) is 88.6 cm³/mol. The third-order valence-electron chi connectivity index (χ3n) is 5.50. The Hall–Kier alpha value is -0.460. The molecule has 0 aliphatic heterocycles. The van der Waals surface area contributed by atoms with Crippen LogP contribution in [-0.2, 0) is 24.4 Å². The van der Waals surface area contributed by atoms with Crippen molar-refractivity contribution in [2.24, 2.45) is 11.8 Å². The lowest BCUT2D eigenvalue weighted by Crippen LogP contribution is -2.58. The molecule has 12 heteroatoms. The molecule has 0 saturated heterocycles. The van der Waals surface area contributed by atoms with Crippen molar-refractivity contribution in [2.75, 3.05) is 5.75 Å². The topological polar surface area (TPSA) is 97.7 Å². The Kier molecular flexibility index (Phi) is 6.27. The SMILES string of the molecule is CCCCCCS(=O)(=O)OC12CCC(CC1C(F)(F)C(F)(F)S(=O)(=O)O)C2. The average Bonchev–Trinajstić information content (AvgIpc) is 3.07. The normalized spacial score (nSPS) is 29.4. The summed E-state index contributed by atoms with van der Waals surface area (Å²) in [6.07, 6.45) is 1.96. The molecule has 0 spiro atoms. The Balaban J connectivity index is 2.26. The van der Waals surface area contributed by atoms with E-state index in [0.29, 0.717) is 12.8 Å². The number of fused-ring (bicyclic) bond motifs is 2. The molecule has 0 amide bonds. The van der Waals surface area contributed by atoms with Crippen LogP contribution in [0.1, 0.15) is 58.3 Å². The van der Waals surface area contributed by atoms with Crippen LogP contribution in [0.25, 0.3) is 0 Å². The van der Waals surface area contributed by atoms with Crippen LogP contribution in [0.3, 0.4) is 0 Å². The third-order valence-corrected chi connectivity index (χ3v) is 7.80. The van der Waals surface area contributed by atoms with Crippen LogP contribution in [-0.4, -0.2) is 43.9 Å². The first-order valence-electron chi connectivity index (χ1n) is 8.84. The first-order valence-corrected chi connectivity index (χ1v) is 11.9. The molecule has 2 aliphatic rings. The molecular weight excluding hydrogens is 416 g/mol. The predicted octanol–water partition coefficient (Wildman–Crippen LogP) is 3.59. The molecule has 0 heterocycles. The summed E-state index contributed by atoms with van der Waals surface area (Å²) in [5, 5.41) is -5.74. The van der Waals surface area contributed by atoms with Gasteiger partial charge >= 0.3 is 21.3 Å². The van der Waals surface area contributed by atoms with Crippen LogP contribution >= 0.6 is 0 Å². The molecule has 160 valence electrons. The van der Waals surface area contributed by atoms with E-state index in [1.54, 1.807) is 0 Å². The van der Waals surface area contributed by atoms with Gasteiger partial charge in [-0.15, -0.1) is 0 Å². The van der Waals surface area contributed by atoms with E-state index < -0.39 is 61.0 Å². The number of halogens is 4. The summed E-state index contributed by atoms with van der Waals surface area (Å²) in [5.41, 5.74) is -2.08. The molecule has 2 bridgehead atoms. The first kappa shape index (κ1) is 22.8. The maximum atomic E-state index is 14.5. The third kappa shape index (κ3) is 4.27. The van der Waals surface area contributed by atoms with Crippen LogP contribution in [0.4, 0.5) is 17.6 Å². The summed E-state index contributed by atoms with van der Waals surface area (Å²) in [7, 11) is -10.6. The molecule has 0 aromatic carbocycles. The number of hydrogen-bond donors (Lipinski definition) is 1. The molecule has 3 unspecified atom stereocenters. The summed E-state index contributed by atoms with van der Waals surface area (Å²) in [6, 6.07) is 0. The molecule has 3 atom stereocenters. The second-order valence-electron chi connectivity index (χ2n) is 7.48. The van der Waals surface area contributed by atoms with Crippen LogP contribution in [0.15, 0.2) is 0 Å². The molecule has 27 heavy (non-hydrogen) atoms. The van der Waals surface area contributed by atoms with Crippen molar-refractivity contribution in [1.29, 1.82) is 0 Å². The van der Waals surface area contributed by atoms with E-state index in [9.17, 15) is 34.4 Å². The van der Waals surface area contributed by atoms with Crippen molar-refractivity contribution in [3.63, 3.8) is 0 Å². The Morgan fingerprint density at radius 2 is 1.74 bits per heavy atom. The molecule has 2 saturated carbocycles. The highest BCUT2D eigenvalue weighted by atomic mass is 32.2. The Morgan fingerprint density at radius 1 is 1.11 bits per heavy atom. The molecule has 6 nitrogen and oxygen atoms in total. The van der Waals surface area contributed by atoms with Crippen molar-refractivity contribution in [2.45, 2.75) is 75.1 Å². The molecule has 0 aromatic heterocycles. The van der Waals surface area contributed by atoms with E-state index in [-0.39, 0.29) is 19.3 Å². The van der Waals surface area contributed by atoms with Crippen LogP contribution in [0, 0.1) is 11.8 Å². The minimum atomic E-state index is -6.39. The average molecular weight is 440 g/mol. The second-order valence-corrected chi connectivity index (χ2v) is 10.6. The van der Waals surface area contributed by atoms with Crippen LogP contribution in [0.2, 0.25) is 0 Å². The van der Waals surface area contributed by atoms with Crippen molar-refractivity contribution < 1.29 is 43.1 Å². The number of unbranched alkanes of at least 4 members (excludes halogenated alkanes) is 3. The van der Waals surface area contributed by atoms with Crippen molar-refractivity contribution in [3.05, 3.63) is 0 Å². The molecule has 2 fully saturated rings. The monoisotopic (exact) mass is 440 g/mol. The Bertz CT molecular complexity index is 752. The molecular formula is C15H24F4O6S2. The fraction of sp³-hybridized carbons (Fsp3) is 1.00. The van der Waals surface area contributed by atoms with E-state index in [1.807, 2.05) is 6.92 Å². The fourth-order valence-electron chi connectivity index (χ4n) is 4.19. The Morgan fingerprint density at radius 3 is 2.26 bits per heavy atom. The smallest absolute Gasteiger partial charge is 0.281 e. The van der Waals surface area contributed by atoms with Gasteiger partial charge in [-0.2, -0.15) is 34.4 Å². The molecule has 0 aromatic rings. The molecule has 1 N–H and O–H groups in total. The van der Waals surface area contributed by atoms with Gasteiger partial charge in [0, 0.05) is 0 Å². The van der Waals surface area contributed by atoms with Crippen molar-refractivity contribution >= 4 is 20.2 Å². The van der Waals surface area contributed by atoms with Crippen LogP contribution in [0.5, 0.6) is 0 Å². The van der Waals surface area contributed by atoms with Crippen LogP contribution < -0.4 is 0 Å². The molecule has 2 aliphatic carbocycles. The largest absolute Gasteiger partial charge is 0.431 e. The van der Waals surface area contributed by atoms with E-state index in [1.165, 1.54) is 0 Å². The number of rotatable bonds is 10. The Labute approximate surface area is 156 Å². The minimum Gasteiger partial charge on any atom is -0.281 e. The second kappa shape index (κ2) is 7.42. The lowest BCUT2D eigenvalue weighted by molar-refractivity contribution is -0.223. The zero-order valence-electron chi connectivity index (χ0n) is 14.8. The zero-order chi connectivity index (χ0) is 20.7. The first-order chi connectivity index (χ1) is 12.2. The molecule has 2 rings (SSSR count). The maximum absolute atomic E-state index is 14.5. The van der Waals surface area contributed by atoms with Gasteiger partial charge in [-0.05, 0) is 38.0 Å². The highest BCUT2D eigenvalue weighted by molar-refractivity contribution is 7.87. The number of hydrogen-bond acceptors (Lipinski definition) is 5. The summed E-state index contributed by atoms with van der Waals surface area (Å²) >= 11 is 0. The van der Waals surface area contributed by atoms with Gasteiger partial charge in [-0.1, -0.05) is 26.2 Å². The highest BCUT2D eigenvalue weighted by Crippen LogP contribution is 2.62. The summed E-state index contributed by atoms with van der Waals surface area (Å²) < 4.78 is 116. The van der Waals surface area contributed by atoms with Gasteiger partial charge < -0.3 is 0 Å². The summed E-state index contributed by atoms with van der Waals surface area (Å²) in [4.78, 5) is 0. The lowest BCUT2D eigenvalue weighted by Gasteiger charge is -2.40. The fourth-order valence-corrected chi connectivity index (χ4v) is 6.09. The van der Waals surface area contributed by atoms with Gasteiger partial charge in [-0.3, -0.25) is 8.74 Å². The summed E-state index contributed by atoms with van der Waals surface area (Å²) in [6.45, 7) is 1.92. The van der Waals surface area contributed by atoms with E-state index in [2.05, 4.69) is 0 Å². The standard InChI is InChI=1S/C15H24F4O6S2/c1-2-3-4-5-8-26(20,21)25-13-7-6-11(10-13)9-12(13)14(16,17)15(18,19)27(22,23)24/h11-12H,2-10H2,1H3,(H,22,23,24). The zero-order valence-corrected chi connectivity index (χ0v) is 16.5. The maximum Gasteiger partial charge on any atom is 0.431 e. The van der Waals surface area contributed by atoms with E-state index in [4.69, 9.17) is 8.74 Å². The van der Waals surface area contributed by atoms with Gasteiger partial charge in [0.1, 0.15) is 0 Å². The number of alkyl halides is 4. The van der Waals surface area contributed by atoms with Gasteiger partial charge in [0.05, 0.1) is 17.3 Å². The lowest BCUT2D eigenvalue weighted by atomic mass is 9.80. The quantitative estimate of drug-likeness (QED) is 0.241. The van der Waals surface area contributed by atoms with Crippen molar-refractivity contribution in [1.82, 2.24) is 0 Å². The molecule has 0 radical (unpaired) electrons. The van der Waals surface area contributed by atoms with Gasteiger partial charge in [0.25, 0.3) is 10.1 Å². The van der Waals surface area contributed by atoms with E-state index >= 15 is 0 Å². The van der Waals surface area contributed by atoms with Crippen molar-refractivity contribution in [3.8, 4) is 0 Å². The van der Waals surface area contributed by atoms with Gasteiger partial charge in [0.15, 0.2) is 0 Å². The minimum absolute atomic E-state index is 0.164.